The molecular formula is C19H18BrN3O4. The molecule has 3 aromatic rings. The van der Waals surface area contributed by atoms with Gasteiger partial charge in [0.15, 0.2) is 11.5 Å². The van der Waals surface area contributed by atoms with Gasteiger partial charge in [-0.2, -0.15) is 0 Å². The first-order valence-electron chi connectivity index (χ1n) is 8.41. The number of carbonyl (C=O) groups is 1. The molecule has 0 radical (unpaired) electrons. The van der Waals surface area contributed by atoms with Crippen LogP contribution in [0.5, 0.6) is 11.5 Å². The first kappa shape index (κ1) is 18.9. The van der Waals surface area contributed by atoms with Gasteiger partial charge >= 0.3 is 6.01 Å². The lowest BCUT2D eigenvalue weighted by Crippen LogP contribution is -2.11. The lowest BCUT2D eigenvalue weighted by atomic mass is 10.2. The molecule has 1 amide bonds. The Hall–Kier alpha value is -2.87. The number of nitrogens with one attached hydrogen (secondary N) is 1. The molecule has 7 nitrogen and oxygen atoms in total. The number of halogens is 1. The monoisotopic (exact) mass is 431 g/mol. The second-order valence-corrected chi connectivity index (χ2v) is 6.32. The largest absolute Gasteiger partial charge is 0.490 e. The van der Waals surface area contributed by atoms with Crippen LogP contribution in [0.25, 0.3) is 11.5 Å². The van der Waals surface area contributed by atoms with Crippen molar-refractivity contribution in [2.24, 2.45) is 0 Å². The first-order valence-corrected chi connectivity index (χ1v) is 9.20. The molecule has 0 spiro atoms. The molecule has 0 saturated carbocycles. The number of rotatable bonds is 7. The minimum absolute atomic E-state index is 0.0183. The third kappa shape index (κ3) is 4.65. The van der Waals surface area contributed by atoms with Crippen molar-refractivity contribution < 1.29 is 18.7 Å². The molecule has 1 aromatic heterocycles. The molecule has 2 aromatic carbocycles. The van der Waals surface area contributed by atoms with Crippen molar-refractivity contribution in [3.05, 3.63) is 52.5 Å². The SMILES string of the molecule is CCOc1ccc(-c2nnc(NC(=O)c3ccc(Br)cc3)o2)cc1OCC. The molecular weight excluding hydrogens is 414 g/mol. The molecule has 0 fully saturated rings. The summed E-state index contributed by atoms with van der Waals surface area (Å²) in [6.45, 7) is 4.83. The van der Waals surface area contributed by atoms with Crippen molar-refractivity contribution in [3.8, 4) is 23.0 Å². The topological polar surface area (TPSA) is 86.5 Å². The number of ether oxygens (including phenoxy) is 2. The number of aromatic nitrogens is 2. The quantitative estimate of drug-likeness (QED) is 0.590. The molecule has 0 saturated heterocycles. The Bertz CT molecular complexity index is 925. The summed E-state index contributed by atoms with van der Waals surface area (Å²) >= 11 is 3.33. The van der Waals surface area contributed by atoms with Crippen LogP contribution in [-0.4, -0.2) is 29.3 Å². The smallest absolute Gasteiger partial charge is 0.322 e. The second kappa shape index (κ2) is 8.68. The number of carbonyl (C=O) groups excluding carboxylic acids is 1. The number of anilines is 1. The van der Waals surface area contributed by atoms with E-state index in [9.17, 15) is 4.79 Å². The van der Waals surface area contributed by atoms with Crippen molar-refractivity contribution in [2.75, 3.05) is 18.5 Å². The Morgan fingerprint density at radius 1 is 1.04 bits per heavy atom. The summed E-state index contributed by atoms with van der Waals surface area (Å²) in [4.78, 5) is 12.2. The highest BCUT2D eigenvalue weighted by atomic mass is 79.9. The highest BCUT2D eigenvalue weighted by molar-refractivity contribution is 9.10. The van der Waals surface area contributed by atoms with Gasteiger partial charge < -0.3 is 13.9 Å². The number of benzene rings is 2. The van der Waals surface area contributed by atoms with Crippen molar-refractivity contribution in [2.45, 2.75) is 13.8 Å². The lowest BCUT2D eigenvalue weighted by Gasteiger charge is -2.11. The fourth-order valence-electron chi connectivity index (χ4n) is 2.35. The van der Waals surface area contributed by atoms with E-state index in [2.05, 4.69) is 31.4 Å². The van der Waals surface area contributed by atoms with E-state index < -0.39 is 0 Å². The zero-order valence-corrected chi connectivity index (χ0v) is 16.4. The van der Waals surface area contributed by atoms with E-state index in [-0.39, 0.29) is 17.8 Å². The molecule has 8 heteroatoms. The first-order chi connectivity index (χ1) is 13.1. The molecule has 0 bridgehead atoms. The minimum Gasteiger partial charge on any atom is -0.490 e. The lowest BCUT2D eigenvalue weighted by molar-refractivity contribution is 0.102. The molecule has 1 heterocycles. The van der Waals surface area contributed by atoms with Gasteiger partial charge in [-0.15, -0.1) is 5.10 Å². The van der Waals surface area contributed by atoms with E-state index in [0.29, 0.717) is 35.8 Å². The molecule has 0 aliphatic heterocycles. The van der Waals surface area contributed by atoms with Gasteiger partial charge in [-0.05, 0) is 56.3 Å². The summed E-state index contributed by atoms with van der Waals surface area (Å²) in [5.74, 6) is 1.17. The molecule has 0 unspecified atom stereocenters. The van der Waals surface area contributed by atoms with E-state index in [0.717, 1.165) is 4.47 Å². The Morgan fingerprint density at radius 2 is 1.74 bits per heavy atom. The molecule has 3 rings (SSSR count). The molecule has 27 heavy (non-hydrogen) atoms. The highest BCUT2D eigenvalue weighted by Gasteiger charge is 2.15. The van der Waals surface area contributed by atoms with Gasteiger partial charge in [0, 0.05) is 15.6 Å². The van der Waals surface area contributed by atoms with E-state index in [1.54, 1.807) is 42.5 Å². The zero-order valence-electron chi connectivity index (χ0n) is 14.9. The Labute approximate surface area is 164 Å². The maximum atomic E-state index is 12.2. The van der Waals surface area contributed by atoms with Crippen LogP contribution in [0.2, 0.25) is 0 Å². The summed E-state index contributed by atoms with van der Waals surface area (Å²) in [5, 5.41) is 10.5. The Morgan fingerprint density at radius 3 is 2.44 bits per heavy atom. The van der Waals surface area contributed by atoms with Crippen molar-refractivity contribution >= 4 is 27.9 Å². The average Bonchev–Trinajstić information content (AvgIpc) is 3.12. The summed E-state index contributed by atoms with van der Waals surface area (Å²) in [6, 6.07) is 12.3. The molecule has 140 valence electrons. The van der Waals surface area contributed by atoms with E-state index in [1.807, 2.05) is 13.8 Å². The van der Waals surface area contributed by atoms with E-state index in [4.69, 9.17) is 13.9 Å². The van der Waals surface area contributed by atoms with Crippen molar-refractivity contribution in [1.29, 1.82) is 0 Å². The van der Waals surface area contributed by atoms with Crippen LogP contribution in [0.4, 0.5) is 6.01 Å². The maximum Gasteiger partial charge on any atom is 0.322 e. The summed E-state index contributed by atoms with van der Waals surface area (Å²) in [7, 11) is 0. The number of hydrogen-bond acceptors (Lipinski definition) is 6. The molecule has 1 N–H and O–H groups in total. The van der Waals surface area contributed by atoms with E-state index >= 15 is 0 Å². The van der Waals surface area contributed by atoms with Crippen LogP contribution in [0.1, 0.15) is 24.2 Å². The fraction of sp³-hybridized carbons (Fsp3) is 0.211. The average molecular weight is 432 g/mol. The number of nitrogens with zero attached hydrogens (tertiary/aromatic N) is 2. The van der Waals surface area contributed by atoms with Gasteiger partial charge in [-0.25, -0.2) is 0 Å². The fourth-order valence-corrected chi connectivity index (χ4v) is 2.61. The van der Waals surface area contributed by atoms with E-state index in [1.165, 1.54) is 0 Å². The van der Waals surface area contributed by atoms with Crippen molar-refractivity contribution in [3.63, 3.8) is 0 Å². The third-order valence-electron chi connectivity index (χ3n) is 3.54. The van der Waals surface area contributed by atoms with Gasteiger partial charge in [0.05, 0.1) is 13.2 Å². The zero-order chi connectivity index (χ0) is 19.2. The molecule has 0 aliphatic rings. The highest BCUT2D eigenvalue weighted by Crippen LogP contribution is 2.32. The van der Waals surface area contributed by atoms with Gasteiger partial charge in [-0.1, -0.05) is 21.0 Å². The number of amides is 1. The molecule has 0 aliphatic carbocycles. The normalized spacial score (nSPS) is 10.5. The molecule has 0 atom stereocenters. The van der Waals surface area contributed by atoms with Gasteiger partial charge in [0.2, 0.25) is 5.89 Å². The predicted octanol–water partition coefficient (Wildman–Crippen LogP) is 4.55. The van der Waals surface area contributed by atoms with Crippen LogP contribution in [0.3, 0.4) is 0 Å². The van der Waals surface area contributed by atoms with Gasteiger partial charge in [-0.3, -0.25) is 10.1 Å². The van der Waals surface area contributed by atoms with Crippen LogP contribution < -0.4 is 14.8 Å². The standard InChI is InChI=1S/C19H18BrN3O4/c1-3-25-15-10-7-13(11-16(15)26-4-2)18-22-23-19(27-18)21-17(24)12-5-8-14(20)9-6-12/h5-11H,3-4H2,1-2H3,(H,21,23,24). The second-order valence-electron chi connectivity index (χ2n) is 5.40. The third-order valence-corrected chi connectivity index (χ3v) is 4.07. The van der Waals surface area contributed by atoms with Crippen LogP contribution in [0, 0.1) is 0 Å². The van der Waals surface area contributed by atoms with Crippen LogP contribution in [0.15, 0.2) is 51.4 Å². The Kier molecular flexibility index (Phi) is 6.08. The predicted molar refractivity (Wildman–Crippen MR) is 104 cm³/mol. The van der Waals surface area contributed by atoms with Crippen molar-refractivity contribution in [1.82, 2.24) is 10.2 Å². The van der Waals surface area contributed by atoms with Crippen LogP contribution >= 0.6 is 15.9 Å². The Balaban J connectivity index is 1.77. The summed E-state index contributed by atoms with van der Waals surface area (Å²) in [5.41, 5.74) is 1.15. The minimum atomic E-state index is -0.334. The van der Waals surface area contributed by atoms with Crippen LogP contribution in [-0.2, 0) is 0 Å². The maximum absolute atomic E-state index is 12.2. The summed E-state index contributed by atoms with van der Waals surface area (Å²) in [6.07, 6.45) is 0. The van der Waals surface area contributed by atoms with Gasteiger partial charge in [0.1, 0.15) is 0 Å². The number of hydrogen-bond donors (Lipinski definition) is 1. The van der Waals surface area contributed by atoms with Gasteiger partial charge in [0.25, 0.3) is 5.91 Å². The summed E-state index contributed by atoms with van der Waals surface area (Å²) < 4.78 is 17.6.